The molecule has 0 N–H and O–H groups in total. The minimum Gasteiger partial charge on any atom is -0.0664 e. The zero-order chi connectivity index (χ0) is 9.23. The maximum atomic E-state index is 2.38. The van der Waals surface area contributed by atoms with Crippen LogP contribution in [0.25, 0.3) is 0 Å². The van der Waals surface area contributed by atoms with Crippen LogP contribution in [0, 0.1) is 17.8 Å². The van der Waals surface area contributed by atoms with Crippen LogP contribution in [0.3, 0.4) is 0 Å². The van der Waals surface area contributed by atoms with Crippen molar-refractivity contribution in [2.24, 2.45) is 17.8 Å². The molecule has 0 heterocycles. The Morgan fingerprint density at radius 1 is 1.00 bits per heavy atom. The van der Waals surface area contributed by atoms with E-state index < -0.39 is 0 Å². The van der Waals surface area contributed by atoms with E-state index in [1.165, 1.54) is 0 Å². The van der Waals surface area contributed by atoms with E-state index in [-0.39, 0.29) is 0 Å². The van der Waals surface area contributed by atoms with E-state index in [1.807, 2.05) is 0 Å². The van der Waals surface area contributed by atoms with Gasteiger partial charge in [-0.05, 0) is 17.8 Å². The Kier molecular flexibility index (Phi) is 3.67. The fourth-order valence-corrected chi connectivity index (χ4v) is 1.38. The summed E-state index contributed by atoms with van der Waals surface area (Å²) in [5, 5.41) is 0.480. The summed E-state index contributed by atoms with van der Waals surface area (Å²) < 4.78 is 0. The second-order valence-electron chi connectivity index (χ2n) is 5.01. The van der Waals surface area contributed by atoms with Gasteiger partial charge in [0.15, 0.2) is 0 Å². The molecule has 0 aromatic rings. The quantitative estimate of drug-likeness (QED) is 0.548. The average molecular weight is 154 g/mol. The van der Waals surface area contributed by atoms with Gasteiger partial charge in [0.2, 0.25) is 0 Å². The van der Waals surface area contributed by atoms with E-state index in [4.69, 9.17) is 0 Å². The molecule has 0 aliphatic heterocycles. The van der Waals surface area contributed by atoms with Crippen molar-refractivity contribution in [1.82, 2.24) is 0 Å². The zero-order valence-corrected chi connectivity index (χ0v) is 9.23. The van der Waals surface area contributed by atoms with Crippen molar-refractivity contribution in [2.45, 2.75) is 46.9 Å². The first kappa shape index (κ1) is 11.1. The fraction of sp³-hybridized carbons (Fsp3) is 1.00. The predicted molar refractivity (Wildman–Crippen MR) is 55.8 cm³/mol. The van der Waals surface area contributed by atoms with Crippen LogP contribution in [0.15, 0.2) is 0 Å². The second-order valence-corrected chi connectivity index (χ2v) is 5.01. The van der Waals surface area contributed by atoms with E-state index >= 15 is 0 Å². The Morgan fingerprint density at radius 3 is 1.45 bits per heavy atom. The molecule has 0 rings (SSSR count). The molecule has 0 saturated carbocycles. The molecule has 0 aliphatic rings. The van der Waals surface area contributed by atoms with E-state index in [0.29, 0.717) is 5.31 Å². The molecule has 0 aliphatic carbocycles. The largest absolute Gasteiger partial charge is 0.109 e. The molecule has 0 aromatic heterocycles. The van der Waals surface area contributed by atoms with Crippen molar-refractivity contribution < 1.29 is 0 Å². The third-order valence-corrected chi connectivity index (χ3v) is 3.66. The van der Waals surface area contributed by atoms with Crippen molar-refractivity contribution >= 4 is 7.85 Å². The van der Waals surface area contributed by atoms with Crippen molar-refractivity contribution in [3.63, 3.8) is 0 Å². The van der Waals surface area contributed by atoms with Crippen molar-refractivity contribution in [3.8, 4) is 0 Å². The van der Waals surface area contributed by atoms with Crippen molar-refractivity contribution in [1.29, 1.82) is 0 Å². The summed E-state index contributed by atoms with van der Waals surface area (Å²) in [4.78, 5) is 0. The number of hydrogen-bond donors (Lipinski definition) is 0. The first-order valence-electron chi connectivity index (χ1n) is 4.80. The van der Waals surface area contributed by atoms with E-state index in [9.17, 15) is 0 Å². The van der Waals surface area contributed by atoms with Gasteiger partial charge < -0.3 is 0 Å². The van der Waals surface area contributed by atoms with Gasteiger partial charge in [0.05, 0.1) is 0 Å². The Hall–Kier alpha value is 0.0649. The maximum Gasteiger partial charge on any atom is 0.109 e. The monoisotopic (exact) mass is 154 g/mol. The van der Waals surface area contributed by atoms with Crippen LogP contribution in [0.1, 0.15) is 41.5 Å². The summed E-state index contributed by atoms with van der Waals surface area (Å²) in [5.41, 5.74) is 0. The average Bonchev–Trinajstić information content (AvgIpc) is 1.85. The Bertz CT molecular complexity index is 114. The molecule has 0 aromatic carbocycles. The SMILES string of the molecule is BC(C)(C(C)C)C(C)C(C)C. The van der Waals surface area contributed by atoms with Gasteiger partial charge in [-0.1, -0.05) is 46.9 Å². The van der Waals surface area contributed by atoms with Gasteiger partial charge in [-0.3, -0.25) is 0 Å². The zero-order valence-electron chi connectivity index (χ0n) is 9.23. The molecule has 2 unspecified atom stereocenters. The van der Waals surface area contributed by atoms with Crippen LogP contribution in [0.5, 0.6) is 0 Å². The molecule has 1 heteroatoms. The molecule has 0 nitrogen and oxygen atoms in total. The molecular formula is C10H23B. The molecule has 0 radical (unpaired) electrons. The lowest BCUT2D eigenvalue weighted by Gasteiger charge is -2.38. The minimum absolute atomic E-state index is 0.480. The lowest BCUT2D eigenvalue weighted by Crippen LogP contribution is -2.27. The van der Waals surface area contributed by atoms with Gasteiger partial charge in [0.25, 0.3) is 0 Å². The summed E-state index contributed by atoms with van der Waals surface area (Å²) in [7, 11) is 2.38. The normalized spacial score (nSPS) is 20.4. The number of rotatable bonds is 3. The molecule has 11 heavy (non-hydrogen) atoms. The summed E-state index contributed by atoms with van der Waals surface area (Å²) in [6, 6.07) is 0. The molecule has 0 bridgehead atoms. The molecule has 0 fully saturated rings. The standard InChI is InChI=1S/C10H23B/c1-7(2)9(5)10(6,11)8(3)4/h7-9H,11H2,1-6H3. The van der Waals surface area contributed by atoms with Crippen molar-refractivity contribution in [3.05, 3.63) is 0 Å². The van der Waals surface area contributed by atoms with Crippen LogP contribution < -0.4 is 0 Å². The van der Waals surface area contributed by atoms with Gasteiger partial charge >= 0.3 is 0 Å². The highest BCUT2D eigenvalue weighted by molar-refractivity contribution is 6.15. The highest BCUT2D eigenvalue weighted by atomic mass is 14.3. The molecule has 0 amide bonds. The summed E-state index contributed by atoms with van der Waals surface area (Å²) in [6.07, 6.45) is 0. The van der Waals surface area contributed by atoms with Crippen LogP contribution in [-0.2, 0) is 0 Å². The lowest BCUT2D eigenvalue weighted by molar-refractivity contribution is 0.254. The van der Waals surface area contributed by atoms with Crippen LogP contribution in [-0.4, -0.2) is 7.85 Å². The van der Waals surface area contributed by atoms with Crippen LogP contribution in [0.2, 0.25) is 5.31 Å². The lowest BCUT2D eigenvalue weighted by atomic mass is 9.54. The highest BCUT2D eigenvalue weighted by Gasteiger charge is 2.30. The van der Waals surface area contributed by atoms with Gasteiger partial charge in [-0.25, -0.2) is 0 Å². The topological polar surface area (TPSA) is 0 Å². The molecule has 2 atom stereocenters. The van der Waals surface area contributed by atoms with Crippen LogP contribution >= 0.6 is 0 Å². The molecular weight excluding hydrogens is 131 g/mol. The summed E-state index contributed by atoms with van der Waals surface area (Å²) in [5.74, 6) is 2.38. The first-order valence-corrected chi connectivity index (χ1v) is 4.80. The third-order valence-electron chi connectivity index (χ3n) is 3.66. The summed E-state index contributed by atoms with van der Waals surface area (Å²) >= 11 is 0. The van der Waals surface area contributed by atoms with E-state index in [0.717, 1.165) is 17.8 Å². The molecule has 0 spiro atoms. The van der Waals surface area contributed by atoms with E-state index in [1.54, 1.807) is 0 Å². The molecule has 66 valence electrons. The van der Waals surface area contributed by atoms with Gasteiger partial charge in [0.1, 0.15) is 7.85 Å². The Balaban J connectivity index is 4.29. The highest BCUT2D eigenvalue weighted by Crippen LogP contribution is 2.42. The fourth-order valence-electron chi connectivity index (χ4n) is 1.38. The molecule has 0 saturated heterocycles. The van der Waals surface area contributed by atoms with Gasteiger partial charge in [-0.15, -0.1) is 0 Å². The van der Waals surface area contributed by atoms with E-state index in [2.05, 4.69) is 49.4 Å². The minimum atomic E-state index is 0.480. The smallest absolute Gasteiger partial charge is 0.0664 e. The van der Waals surface area contributed by atoms with Gasteiger partial charge in [0, 0.05) is 0 Å². The van der Waals surface area contributed by atoms with Crippen molar-refractivity contribution in [2.75, 3.05) is 0 Å². The van der Waals surface area contributed by atoms with Gasteiger partial charge in [-0.2, -0.15) is 0 Å². The number of hydrogen-bond acceptors (Lipinski definition) is 0. The first-order chi connectivity index (χ1) is 4.80. The van der Waals surface area contributed by atoms with Crippen LogP contribution in [0.4, 0.5) is 0 Å². The maximum absolute atomic E-state index is 2.38. The Labute approximate surface area is 73.2 Å². The second kappa shape index (κ2) is 3.64. The summed E-state index contributed by atoms with van der Waals surface area (Å²) in [6.45, 7) is 14.0. The predicted octanol–water partition coefficient (Wildman–Crippen LogP) is 2.75. The third kappa shape index (κ3) is 2.54. The Morgan fingerprint density at radius 2 is 1.36 bits per heavy atom.